The van der Waals surface area contributed by atoms with E-state index in [1.807, 2.05) is 37.3 Å². The van der Waals surface area contributed by atoms with Gasteiger partial charge in [-0.3, -0.25) is 14.2 Å². The first-order valence-corrected chi connectivity index (χ1v) is 10.2. The van der Waals surface area contributed by atoms with Crippen LogP contribution in [0.3, 0.4) is 0 Å². The number of carbonyl (C=O) groups is 1. The summed E-state index contributed by atoms with van der Waals surface area (Å²) >= 11 is 1.21. The van der Waals surface area contributed by atoms with E-state index < -0.39 is 0 Å². The molecule has 2 aromatic rings. The van der Waals surface area contributed by atoms with E-state index in [9.17, 15) is 9.59 Å². The SMILES string of the molecule is Cc1sc(=O)n(CC(=O)NC2CCNC3(CCC3)C2)c1-c1ccccc1. The van der Waals surface area contributed by atoms with Gasteiger partial charge in [0.2, 0.25) is 5.91 Å². The first-order chi connectivity index (χ1) is 12.6. The Morgan fingerprint density at radius 1 is 1.35 bits per heavy atom. The number of benzene rings is 1. The number of aryl methyl sites for hydroxylation is 1. The zero-order valence-electron chi connectivity index (χ0n) is 15.1. The Hall–Kier alpha value is -1.92. The Kier molecular flexibility index (Phi) is 4.71. The van der Waals surface area contributed by atoms with Gasteiger partial charge in [0.1, 0.15) is 6.54 Å². The van der Waals surface area contributed by atoms with Gasteiger partial charge in [0.25, 0.3) is 0 Å². The zero-order valence-corrected chi connectivity index (χ0v) is 15.9. The fraction of sp³-hybridized carbons (Fsp3) is 0.500. The Bertz CT molecular complexity index is 852. The number of hydrogen-bond acceptors (Lipinski definition) is 4. The van der Waals surface area contributed by atoms with E-state index in [2.05, 4.69) is 10.6 Å². The van der Waals surface area contributed by atoms with Gasteiger partial charge in [-0.05, 0) is 51.1 Å². The van der Waals surface area contributed by atoms with Crippen LogP contribution in [0.15, 0.2) is 35.1 Å². The molecule has 0 bridgehead atoms. The van der Waals surface area contributed by atoms with Crippen molar-refractivity contribution in [1.82, 2.24) is 15.2 Å². The lowest BCUT2D eigenvalue weighted by Crippen LogP contribution is -2.60. The van der Waals surface area contributed by atoms with Crippen LogP contribution in [0.2, 0.25) is 0 Å². The van der Waals surface area contributed by atoms with Crippen molar-refractivity contribution in [2.45, 2.75) is 57.2 Å². The van der Waals surface area contributed by atoms with E-state index >= 15 is 0 Å². The van der Waals surface area contributed by atoms with E-state index in [4.69, 9.17) is 0 Å². The molecular formula is C20H25N3O2S. The maximum atomic E-state index is 12.7. The molecule has 6 heteroatoms. The fourth-order valence-corrected chi connectivity index (χ4v) is 5.15. The van der Waals surface area contributed by atoms with E-state index in [0.29, 0.717) is 0 Å². The van der Waals surface area contributed by atoms with Crippen molar-refractivity contribution in [2.24, 2.45) is 0 Å². The van der Waals surface area contributed by atoms with Crippen molar-refractivity contribution >= 4 is 17.2 Å². The summed E-state index contributed by atoms with van der Waals surface area (Å²) in [7, 11) is 0. The molecule has 1 atom stereocenters. The van der Waals surface area contributed by atoms with Gasteiger partial charge in [0.05, 0.1) is 5.69 Å². The molecule has 2 aliphatic rings. The number of aromatic nitrogens is 1. The first kappa shape index (κ1) is 17.5. The van der Waals surface area contributed by atoms with Gasteiger partial charge in [-0.2, -0.15) is 0 Å². The molecule has 1 aliphatic carbocycles. The predicted octanol–water partition coefficient (Wildman–Crippen LogP) is 2.68. The topological polar surface area (TPSA) is 63.1 Å². The molecule has 1 aromatic carbocycles. The van der Waals surface area contributed by atoms with Crippen LogP contribution < -0.4 is 15.5 Å². The molecular weight excluding hydrogens is 346 g/mol. The molecule has 1 saturated heterocycles. The Morgan fingerprint density at radius 3 is 2.81 bits per heavy atom. The maximum Gasteiger partial charge on any atom is 0.308 e. The second-order valence-electron chi connectivity index (χ2n) is 7.54. The quantitative estimate of drug-likeness (QED) is 0.869. The van der Waals surface area contributed by atoms with Crippen LogP contribution in [-0.2, 0) is 11.3 Å². The number of hydrogen-bond donors (Lipinski definition) is 2. The lowest BCUT2D eigenvalue weighted by Gasteiger charge is -2.48. The highest BCUT2D eigenvalue weighted by atomic mass is 32.1. The minimum Gasteiger partial charge on any atom is -0.352 e. The molecule has 4 rings (SSSR count). The normalized spacial score (nSPS) is 21.3. The monoisotopic (exact) mass is 371 g/mol. The van der Waals surface area contributed by atoms with Gasteiger partial charge in [-0.1, -0.05) is 41.7 Å². The minimum atomic E-state index is -0.0720. The van der Waals surface area contributed by atoms with Gasteiger partial charge < -0.3 is 10.6 Å². The second-order valence-corrected chi connectivity index (χ2v) is 8.71. The third-order valence-electron chi connectivity index (χ3n) is 5.72. The Labute approximate surface area is 157 Å². The molecule has 1 spiro atoms. The second kappa shape index (κ2) is 7.00. The smallest absolute Gasteiger partial charge is 0.308 e. The van der Waals surface area contributed by atoms with Crippen LogP contribution in [-0.4, -0.2) is 28.6 Å². The third kappa shape index (κ3) is 3.35. The van der Waals surface area contributed by atoms with Gasteiger partial charge in [0.15, 0.2) is 0 Å². The number of nitrogens with zero attached hydrogens (tertiary/aromatic N) is 1. The zero-order chi connectivity index (χ0) is 18.1. The predicted molar refractivity (Wildman–Crippen MR) is 105 cm³/mol. The molecule has 1 unspecified atom stereocenters. The highest BCUT2D eigenvalue weighted by Gasteiger charge is 2.41. The molecule has 1 amide bonds. The van der Waals surface area contributed by atoms with E-state index in [0.717, 1.165) is 35.5 Å². The van der Waals surface area contributed by atoms with Gasteiger partial charge in [0, 0.05) is 16.5 Å². The summed E-state index contributed by atoms with van der Waals surface area (Å²) in [6.07, 6.45) is 5.65. The van der Waals surface area contributed by atoms with Crippen LogP contribution >= 0.6 is 11.3 Å². The van der Waals surface area contributed by atoms with Crippen molar-refractivity contribution in [2.75, 3.05) is 6.54 Å². The minimum absolute atomic E-state index is 0.0662. The van der Waals surface area contributed by atoms with Gasteiger partial charge >= 0.3 is 4.87 Å². The van der Waals surface area contributed by atoms with Crippen LogP contribution in [0.25, 0.3) is 11.3 Å². The fourth-order valence-electron chi connectivity index (χ4n) is 4.30. The van der Waals surface area contributed by atoms with Crippen molar-refractivity contribution in [1.29, 1.82) is 0 Å². The van der Waals surface area contributed by atoms with Crippen LogP contribution in [0.4, 0.5) is 0 Å². The summed E-state index contributed by atoms with van der Waals surface area (Å²) in [4.78, 5) is 25.9. The summed E-state index contributed by atoms with van der Waals surface area (Å²) in [5, 5.41) is 6.79. The molecule has 1 aromatic heterocycles. The van der Waals surface area contributed by atoms with E-state index in [-0.39, 0.29) is 28.9 Å². The molecule has 2 heterocycles. The highest BCUT2D eigenvalue weighted by molar-refractivity contribution is 7.09. The highest BCUT2D eigenvalue weighted by Crippen LogP contribution is 2.38. The molecule has 2 fully saturated rings. The third-order valence-corrected chi connectivity index (χ3v) is 6.61. The number of amides is 1. The van der Waals surface area contributed by atoms with E-state index in [1.54, 1.807) is 4.57 Å². The lowest BCUT2D eigenvalue weighted by atomic mass is 9.70. The molecule has 1 aliphatic heterocycles. The maximum absolute atomic E-state index is 12.7. The molecule has 138 valence electrons. The van der Waals surface area contributed by atoms with Crippen molar-refractivity contribution < 1.29 is 4.79 Å². The van der Waals surface area contributed by atoms with E-state index in [1.165, 1.54) is 30.6 Å². The van der Waals surface area contributed by atoms with Crippen molar-refractivity contribution in [3.63, 3.8) is 0 Å². The Balaban J connectivity index is 1.49. The van der Waals surface area contributed by atoms with Crippen LogP contribution in [0.5, 0.6) is 0 Å². The largest absolute Gasteiger partial charge is 0.352 e. The number of piperidine rings is 1. The number of carbonyl (C=O) groups excluding carboxylic acids is 1. The molecule has 5 nitrogen and oxygen atoms in total. The van der Waals surface area contributed by atoms with Crippen LogP contribution in [0.1, 0.15) is 37.0 Å². The number of rotatable bonds is 4. The molecule has 1 saturated carbocycles. The summed E-state index contributed by atoms with van der Waals surface area (Å²) in [6.45, 7) is 2.98. The summed E-state index contributed by atoms with van der Waals surface area (Å²) in [6, 6.07) is 10.0. The lowest BCUT2D eigenvalue weighted by molar-refractivity contribution is -0.122. The van der Waals surface area contributed by atoms with Crippen molar-refractivity contribution in [3.8, 4) is 11.3 Å². The average molecular weight is 372 g/mol. The number of nitrogens with one attached hydrogen (secondary N) is 2. The Morgan fingerprint density at radius 2 is 2.12 bits per heavy atom. The summed E-state index contributed by atoms with van der Waals surface area (Å²) in [5.41, 5.74) is 2.09. The van der Waals surface area contributed by atoms with Crippen LogP contribution in [0, 0.1) is 6.92 Å². The summed E-state index contributed by atoms with van der Waals surface area (Å²) < 4.78 is 1.62. The number of thiazole rings is 1. The van der Waals surface area contributed by atoms with Gasteiger partial charge in [-0.25, -0.2) is 0 Å². The molecule has 26 heavy (non-hydrogen) atoms. The van der Waals surface area contributed by atoms with Crippen molar-refractivity contribution in [3.05, 3.63) is 44.9 Å². The molecule has 0 radical (unpaired) electrons. The first-order valence-electron chi connectivity index (χ1n) is 9.36. The van der Waals surface area contributed by atoms with Gasteiger partial charge in [-0.15, -0.1) is 0 Å². The molecule has 2 N–H and O–H groups in total. The average Bonchev–Trinajstić information content (AvgIpc) is 2.88. The summed E-state index contributed by atoms with van der Waals surface area (Å²) in [5.74, 6) is -0.0662. The standard InChI is InChI=1S/C20H25N3O2S/c1-14-18(15-6-3-2-4-7-15)23(19(25)26-14)13-17(24)22-16-8-11-21-20(12-16)9-5-10-20/h2-4,6-7,16,21H,5,8-13H2,1H3,(H,22,24).